The molecule has 0 fully saturated rings. The van der Waals surface area contributed by atoms with Crippen molar-refractivity contribution in [1.29, 1.82) is 0 Å². The first-order valence-corrected chi connectivity index (χ1v) is 8.60. The van der Waals surface area contributed by atoms with E-state index in [1.54, 1.807) is 24.7 Å². The van der Waals surface area contributed by atoms with Gasteiger partial charge in [-0.05, 0) is 42.0 Å². The molecule has 3 rings (SSSR count). The summed E-state index contributed by atoms with van der Waals surface area (Å²) < 4.78 is 80.6. The molecule has 0 N–H and O–H groups in total. The Morgan fingerprint density at radius 3 is 1.90 bits per heavy atom. The van der Waals surface area contributed by atoms with Gasteiger partial charge in [-0.25, -0.2) is 0 Å². The van der Waals surface area contributed by atoms with Crippen molar-refractivity contribution in [2.24, 2.45) is 14.1 Å². The Morgan fingerprint density at radius 1 is 0.867 bits per heavy atom. The van der Waals surface area contributed by atoms with E-state index in [4.69, 9.17) is 0 Å². The predicted molar refractivity (Wildman–Crippen MR) is 93.1 cm³/mol. The largest absolute Gasteiger partial charge is 0.416 e. The summed E-state index contributed by atoms with van der Waals surface area (Å²) in [7, 11) is 3.17. The maximum absolute atomic E-state index is 13.2. The molecule has 0 bridgehead atoms. The first-order valence-electron chi connectivity index (χ1n) is 8.60. The number of rotatable bonds is 5. The van der Waals surface area contributed by atoms with Crippen molar-refractivity contribution in [3.63, 3.8) is 0 Å². The fourth-order valence-electron chi connectivity index (χ4n) is 2.94. The van der Waals surface area contributed by atoms with Gasteiger partial charge in [0.05, 0.1) is 36.1 Å². The highest BCUT2D eigenvalue weighted by Gasteiger charge is 2.37. The van der Waals surface area contributed by atoms with Crippen LogP contribution in [0.1, 0.15) is 28.1 Å². The minimum Gasteiger partial charge on any atom is -0.328 e. The number of anilines is 1. The van der Waals surface area contributed by atoms with Crippen molar-refractivity contribution in [2.45, 2.75) is 32.4 Å². The number of alkyl halides is 6. The molecule has 0 amide bonds. The quantitative estimate of drug-likeness (QED) is 0.577. The highest BCUT2D eigenvalue weighted by Crippen LogP contribution is 2.36. The summed E-state index contributed by atoms with van der Waals surface area (Å²) in [5.74, 6) is 0.0577. The molecule has 0 aliphatic rings. The van der Waals surface area contributed by atoms with Crippen LogP contribution in [-0.4, -0.2) is 30.0 Å². The molecular formula is C17H17F6N7. The standard InChI is InChI=1S/C17H17F6N7/c1-10-4-14(28(2)25-10)9-30(15-24-27-29(3)26-15)8-11-5-12(16(18,19)20)7-13(6-11)17(21,22)23/h4-7H,8-9H2,1-3H3. The van der Waals surface area contributed by atoms with E-state index >= 15 is 0 Å². The van der Waals surface area contributed by atoms with Crippen molar-refractivity contribution in [3.05, 3.63) is 52.3 Å². The van der Waals surface area contributed by atoms with E-state index in [1.165, 1.54) is 11.9 Å². The topological polar surface area (TPSA) is 64.7 Å². The lowest BCUT2D eigenvalue weighted by Gasteiger charge is -2.22. The van der Waals surface area contributed by atoms with Gasteiger partial charge in [-0.15, -0.1) is 5.10 Å². The van der Waals surface area contributed by atoms with E-state index < -0.39 is 23.5 Å². The SMILES string of the molecule is Cc1cc(CN(Cc2cc(C(F)(F)F)cc(C(F)(F)F)c2)c2nnn(C)n2)n(C)n1. The van der Waals surface area contributed by atoms with Crippen molar-refractivity contribution in [1.82, 2.24) is 30.0 Å². The monoisotopic (exact) mass is 433 g/mol. The molecule has 0 aliphatic carbocycles. The van der Waals surface area contributed by atoms with Crippen LogP contribution in [0.2, 0.25) is 0 Å². The lowest BCUT2D eigenvalue weighted by molar-refractivity contribution is -0.143. The smallest absolute Gasteiger partial charge is 0.328 e. The molecular weight excluding hydrogens is 416 g/mol. The van der Waals surface area contributed by atoms with E-state index in [2.05, 4.69) is 20.5 Å². The lowest BCUT2D eigenvalue weighted by Crippen LogP contribution is -2.25. The summed E-state index contributed by atoms with van der Waals surface area (Å²) in [4.78, 5) is 2.57. The molecule has 0 atom stereocenters. The van der Waals surface area contributed by atoms with Crippen molar-refractivity contribution < 1.29 is 26.3 Å². The van der Waals surface area contributed by atoms with Crippen LogP contribution in [-0.2, 0) is 39.5 Å². The van der Waals surface area contributed by atoms with Gasteiger partial charge in [-0.3, -0.25) is 4.68 Å². The molecule has 0 radical (unpaired) electrons. The van der Waals surface area contributed by atoms with Crippen LogP contribution in [0.5, 0.6) is 0 Å². The summed E-state index contributed by atoms with van der Waals surface area (Å²) in [5.41, 5.74) is -1.57. The van der Waals surface area contributed by atoms with Gasteiger partial charge < -0.3 is 4.90 Å². The zero-order valence-corrected chi connectivity index (χ0v) is 16.1. The fourth-order valence-corrected chi connectivity index (χ4v) is 2.94. The van der Waals surface area contributed by atoms with Crippen LogP contribution in [0.3, 0.4) is 0 Å². The molecule has 2 heterocycles. The molecule has 13 heteroatoms. The minimum atomic E-state index is -4.93. The molecule has 7 nitrogen and oxygen atoms in total. The maximum atomic E-state index is 13.2. The zero-order valence-electron chi connectivity index (χ0n) is 16.1. The number of aryl methyl sites for hydroxylation is 3. The number of hydrogen-bond donors (Lipinski definition) is 0. The Bertz CT molecular complexity index is 1000. The highest BCUT2D eigenvalue weighted by atomic mass is 19.4. The van der Waals surface area contributed by atoms with Gasteiger partial charge >= 0.3 is 12.4 Å². The molecule has 0 spiro atoms. The van der Waals surface area contributed by atoms with E-state index in [0.717, 1.165) is 4.80 Å². The molecule has 30 heavy (non-hydrogen) atoms. The molecule has 0 saturated heterocycles. The Morgan fingerprint density at radius 2 is 1.47 bits per heavy atom. The first-order chi connectivity index (χ1) is 13.8. The second-order valence-corrected chi connectivity index (χ2v) is 6.75. The third-order valence-corrected chi connectivity index (χ3v) is 4.25. The summed E-state index contributed by atoms with van der Waals surface area (Å²) in [6.07, 6.45) is -9.85. The average molecular weight is 433 g/mol. The van der Waals surface area contributed by atoms with E-state index in [0.29, 0.717) is 23.5 Å². The minimum absolute atomic E-state index is 0.0577. The Hall–Kier alpha value is -3.12. The van der Waals surface area contributed by atoms with Crippen LogP contribution in [0, 0.1) is 6.92 Å². The van der Waals surface area contributed by atoms with Crippen molar-refractivity contribution in [2.75, 3.05) is 4.90 Å². The fraction of sp³-hybridized carbons (Fsp3) is 0.412. The highest BCUT2D eigenvalue weighted by molar-refractivity contribution is 5.37. The number of hydrogen-bond acceptors (Lipinski definition) is 5. The van der Waals surface area contributed by atoms with E-state index in [9.17, 15) is 26.3 Å². The third-order valence-electron chi connectivity index (χ3n) is 4.25. The number of nitrogens with zero attached hydrogens (tertiary/aromatic N) is 7. The molecule has 0 saturated carbocycles. The summed E-state index contributed by atoms with van der Waals surface area (Å²) in [6, 6.07) is 3.22. The molecule has 2 aromatic heterocycles. The maximum Gasteiger partial charge on any atom is 0.416 e. The van der Waals surface area contributed by atoms with Crippen LogP contribution >= 0.6 is 0 Å². The first kappa shape index (κ1) is 21.6. The molecule has 0 aliphatic heterocycles. The number of benzene rings is 1. The normalized spacial score (nSPS) is 12.4. The number of tetrazole rings is 1. The summed E-state index contributed by atoms with van der Waals surface area (Å²) in [5, 5.41) is 15.8. The van der Waals surface area contributed by atoms with Gasteiger partial charge in [0.25, 0.3) is 5.95 Å². The van der Waals surface area contributed by atoms with Gasteiger partial charge in [0.1, 0.15) is 0 Å². The molecule has 0 unspecified atom stereocenters. The third kappa shape index (κ3) is 4.89. The molecule has 3 aromatic rings. The predicted octanol–water partition coefficient (Wildman–Crippen LogP) is 3.50. The number of aromatic nitrogens is 6. The van der Waals surface area contributed by atoms with Crippen LogP contribution in [0.4, 0.5) is 32.3 Å². The second kappa shape index (κ2) is 7.61. The van der Waals surface area contributed by atoms with Gasteiger partial charge in [0.15, 0.2) is 0 Å². The molecule has 1 aromatic carbocycles. The molecule has 162 valence electrons. The van der Waals surface area contributed by atoms with Crippen LogP contribution < -0.4 is 4.90 Å². The van der Waals surface area contributed by atoms with E-state index in [1.807, 2.05) is 0 Å². The van der Waals surface area contributed by atoms with Gasteiger partial charge in [0, 0.05) is 13.6 Å². The second-order valence-electron chi connectivity index (χ2n) is 6.75. The zero-order chi connectivity index (χ0) is 22.3. The van der Waals surface area contributed by atoms with Crippen molar-refractivity contribution >= 4 is 5.95 Å². The van der Waals surface area contributed by atoms with Gasteiger partial charge in [0.2, 0.25) is 0 Å². The van der Waals surface area contributed by atoms with Crippen LogP contribution in [0.25, 0.3) is 0 Å². The van der Waals surface area contributed by atoms with Crippen molar-refractivity contribution in [3.8, 4) is 0 Å². The summed E-state index contributed by atoms with van der Waals surface area (Å²) in [6.45, 7) is 1.56. The van der Waals surface area contributed by atoms with Crippen LogP contribution in [0.15, 0.2) is 24.3 Å². The average Bonchev–Trinajstić information content (AvgIpc) is 3.17. The lowest BCUT2D eigenvalue weighted by atomic mass is 10.0. The van der Waals surface area contributed by atoms with E-state index in [-0.39, 0.29) is 30.7 Å². The van der Waals surface area contributed by atoms with Gasteiger partial charge in [-0.2, -0.15) is 36.2 Å². The Balaban J connectivity index is 2.02. The Kier molecular flexibility index (Phi) is 5.48. The number of halogens is 6. The Labute approximate surface area is 166 Å². The summed E-state index contributed by atoms with van der Waals surface area (Å²) >= 11 is 0. The van der Waals surface area contributed by atoms with Gasteiger partial charge in [-0.1, -0.05) is 5.10 Å².